The van der Waals surface area contributed by atoms with E-state index in [1.807, 2.05) is 24.5 Å². The molecule has 0 saturated carbocycles. The van der Waals surface area contributed by atoms with Crippen molar-refractivity contribution in [3.8, 4) is 0 Å². The molecule has 0 atom stereocenters. The van der Waals surface area contributed by atoms with E-state index in [0.29, 0.717) is 6.54 Å². The first-order valence-corrected chi connectivity index (χ1v) is 4.72. The summed E-state index contributed by atoms with van der Waals surface area (Å²) in [5.74, 6) is 0. The number of nitrogens with two attached hydrogens (primary N) is 1. The number of para-hydroxylation sites is 2. The van der Waals surface area contributed by atoms with Crippen LogP contribution in [-0.4, -0.2) is 22.6 Å². The van der Waals surface area contributed by atoms with Crippen LogP contribution in [0.4, 0.5) is 0 Å². The van der Waals surface area contributed by atoms with Crippen LogP contribution < -0.4 is 11.1 Å². The number of benzene rings is 1. The van der Waals surface area contributed by atoms with Crippen LogP contribution in [0.5, 0.6) is 0 Å². The molecular formula is C10H14N4. The summed E-state index contributed by atoms with van der Waals surface area (Å²) in [5, 5.41) is 3.23. The number of imidazole rings is 1. The Labute approximate surface area is 82.7 Å². The van der Waals surface area contributed by atoms with Gasteiger partial charge in [-0.15, -0.1) is 0 Å². The van der Waals surface area contributed by atoms with Gasteiger partial charge in [-0.2, -0.15) is 0 Å². The molecule has 3 N–H and O–H groups in total. The Balaban J connectivity index is 2.17. The Morgan fingerprint density at radius 1 is 1.36 bits per heavy atom. The molecule has 0 aliphatic heterocycles. The number of rotatable bonds is 4. The molecule has 0 spiro atoms. The Morgan fingerprint density at radius 3 is 3.07 bits per heavy atom. The number of hydrogen-bond donors (Lipinski definition) is 2. The summed E-state index contributed by atoms with van der Waals surface area (Å²) in [6, 6.07) is 8.08. The standard InChI is InChI=1S/C10H14N4/c11-5-6-12-7-14-8-13-9-3-1-2-4-10(9)14/h1-4,8,12H,5-7,11H2. The molecule has 1 aromatic carbocycles. The number of nitrogens with zero attached hydrogens (tertiary/aromatic N) is 2. The zero-order valence-electron chi connectivity index (χ0n) is 7.98. The van der Waals surface area contributed by atoms with Gasteiger partial charge in [0, 0.05) is 13.1 Å². The second-order valence-corrected chi connectivity index (χ2v) is 3.15. The molecule has 2 aromatic rings. The van der Waals surface area contributed by atoms with Crippen LogP contribution in [0.15, 0.2) is 30.6 Å². The molecular weight excluding hydrogens is 176 g/mol. The van der Waals surface area contributed by atoms with Crippen molar-refractivity contribution in [1.82, 2.24) is 14.9 Å². The van der Waals surface area contributed by atoms with Gasteiger partial charge in [0.25, 0.3) is 0 Å². The topological polar surface area (TPSA) is 55.9 Å². The van der Waals surface area contributed by atoms with Crippen molar-refractivity contribution < 1.29 is 0 Å². The van der Waals surface area contributed by atoms with Gasteiger partial charge in [0.05, 0.1) is 24.0 Å². The maximum Gasteiger partial charge on any atom is 0.0969 e. The normalized spacial score (nSPS) is 10.9. The number of nitrogens with one attached hydrogen (secondary N) is 1. The highest BCUT2D eigenvalue weighted by atomic mass is 15.1. The minimum Gasteiger partial charge on any atom is -0.329 e. The van der Waals surface area contributed by atoms with Gasteiger partial charge in [-0.1, -0.05) is 12.1 Å². The van der Waals surface area contributed by atoms with Crippen molar-refractivity contribution in [2.45, 2.75) is 6.67 Å². The van der Waals surface area contributed by atoms with Gasteiger partial charge in [0.2, 0.25) is 0 Å². The Morgan fingerprint density at radius 2 is 2.21 bits per heavy atom. The lowest BCUT2D eigenvalue weighted by Crippen LogP contribution is -2.24. The zero-order chi connectivity index (χ0) is 9.80. The van der Waals surface area contributed by atoms with Crippen molar-refractivity contribution >= 4 is 11.0 Å². The van der Waals surface area contributed by atoms with E-state index >= 15 is 0 Å². The van der Waals surface area contributed by atoms with Gasteiger partial charge in [-0.25, -0.2) is 4.98 Å². The van der Waals surface area contributed by atoms with Crippen molar-refractivity contribution in [3.63, 3.8) is 0 Å². The minimum absolute atomic E-state index is 0.659. The fraction of sp³-hybridized carbons (Fsp3) is 0.300. The van der Waals surface area contributed by atoms with Gasteiger partial charge in [-0.3, -0.25) is 5.32 Å². The third-order valence-corrected chi connectivity index (χ3v) is 2.13. The number of aromatic nitrogens is 2. The molecule has 0 fully saturated rings. The van der Waals surface area contributed by atoms with E-state index in [-0.39, 0.29) is 0 Å². The molecule has 0 bridgehead atoms. The molecule has 4 heteroatoms. The second-order valence-electron chi connectivity index (χ2n) is 3.15. The molecule has 0 radical (unpaired) electrons. The predicted molar refractivity (Wildman–Crippen MR) is 56.8 cm³/mol. The Bertz CT molecular complexity index is 407. The lowest BCUT2D eigenvalue weighted by molar-refractivity contribution is 0.575. The van der Waals surface area contributed by atoms with Crippen LogP contribution in [0.1, 0.15) is 0 Å². The molecule has 0 aliphatic rings. The van der Waals surface area contributed by atoms with Crippen LogP contribution in [0.2, 0.25) is 0 Å². The molecule has 1 aromatic heterocycles. The maximum atomic E-state index is 5.39. The molecule has 0 amide bonds. The highest BCUT2D eigenvalue weighted by Gasteiger charge is 1.99. The SMILES string of the molecule is NCCNCn1cnc2ccccc21. The average molecular weight is 190 g/mol. The van der Waals surface area contributed by atoms with Crippen LogP contribution in [0, 0.1) is 0 Å². The van der Waals surface area contributed by atoms with Crippen LogP contribution >= 0.6 is 0 Å². The van der Waals surface area contributed by atoms with Crippen LogP contribution in [-0.2, 0) is 6.67 Å². The first kappa shape index (κ1) is 9.18. The number of fused-ring (bicyclic) bond motifs is 1. The quantitative estimate of drug-likeness (QED) is 0.692. The zero-order valence-corrected chi connectivity index (χ0v) is 7.98. The van der Waals surface area contributed by atoms with Gasteiger partial charge in [0.15, 0.2) is 0 Å². The average Bonchev–Trinajstić information content (AvgIpc) is 2.63. The molecule has 14 heavy (non-hydrogen) atoms. The van der Waals surface area contributed by atoms with E-state index in [2.05, 4.69) is 20.9 Å². The van der Waals surface area contributed by atoms with Gasteiger partial charge in [-0.05, 0) is 12.1 Å². The molecule has 0 unspecified atom stereocenters. The first-order chi connectivity index (χ1) is 6.92. The molecule has 0 aliphatic carbocycles. The summed E-state index contributed by atoms with van der Waals surface area (Å²) in [6.07, 6.45) is 1.84. The summed E-state index contributed by atoms with van der Waals surface area (Å²) in [7, 11) is 0. The molecule has 2 rings (SSSR count). The molecule has 0 saturated heterocycles. The molecule has 1 heterocycles. The monoisotopic (exact) mass is 190 g/mol. The lowest BCUT2D eigenvalue weighted by Gasteiger charge is -2.04. The third kappa shape index (κ3) is 1.76. The van der Waals surface area contributed by atoms with Crippen LogP contribution in [0.25, 0.3) is 11.0 Å². The fourth-order valence-corrected chi connectivity index (χ4v) is 1.44. The van der Waals surface area contributed by atoms with E-state index < -0.39 is 0 Å². The molecule has 74 valence electrons. The summed E-state index contributed by atoms with van der Waals surface area (Å²) in [6.45, 7) is 2.25. The van der Waals surface area contributed by atoms with Crippen molar-refractivity contribution in [2.24, 2.45) is 5.73 Å². The molecule has 4 nitrogen and oxygen atoms in total. The van der Waals surface area contributed by atoms with E-state index in [4.69, 9.17) is 5.73 Å². The van der Waals surface area contributed by atoms with Crippen molar-refractivity contribution in [2.75, 3.05) is 13.1 Å². The van der Waals surface area contributed by atoms with E-state index in [1.54, 1.807) is 0 Å². The van der Waals surface area contributed by atoms with E-state index in [9.17, 15) is 0 Å². The Hall–Kier alpha value is -1.39. The van der Waals surface area contributed by atoms with Crippen molar-refractivity contribution in [1.29, 1.82) is 0 Å². The van der Waals surface area contributed by atoms with Crippen molar-refractivity contribution in [3.05, 3.63) is 30.6 Å². The van der Waals surface area contributed by atoms with E-state index in [0.717, 1.165) is 24.2 Å². The van der Waals surface area contributed by atoms with Gasteiger partial charge in [0.1, 0.15) is 0 Å². The predicted octanol–water partition coefficient (Wildman–Crippen LogP) is 0.542. The lowest BCUT2D eigenvalue weighted by atomic mass is 10.3. The van der Waals surface area contributed by atoms with E-state index in [1.165, 1.54) is 0 Å². The summed E-state index contributed by atoms with van der Waals surface area (Å²) >= 11 is 0. The summed E-state index contributed by atoms with van der Waals surface area (Å²) < 4.78 is 2.07. The second kappa shape index (κ2) is 4.21. The smallest absolute Gasteiger partial charge is 0.0969 e. The highest BCUT2D eigenvalue weighted by molar-refractivity contribution is 5.74. The first-order valence-electron chi connectivity index (χ1n) is 4.72. The number of hydrogen-bond acceptors (Lipinski definition) is 3. The third-order valence-electron chi connectivity index (χ3n) is 2.13. The Kier molecular flexibility index (Phi) is 2.76. The van der Waals surface area contributed by atoms with Gasteiger partial charge < -0.3 is 10.3 Å². The minimum atomic E-state index is 0.659. The maximum absolute atomic E-state index is 5.39. The summed E-state index contributed by atoms with van der Waals surface area (Å²) in [4.78, 5) is 4.29. The largest absolute Gasteiger partial charge is 0.329 e. The summed E-state index contributed by atoms with van der Waals surface area (Å²) in [5.41, 5.74) is 7.57. The van der Waals surface area contributed by atoms with Gasteiger partial charge >= 0.3 is 0 Å². The highest BCUT2D eigenvalue weighted by Crippen LogP contribution is 2.10. The fourth-order valence-electron chi connectivity index (χ4n) is 1.44. The van der Waals surface area contributed by atoms with Crippen LogP contribution in [0.3, 0.4) is 0 Å².